The SMILES string of the molecule is Cc1ccoc1C(=O)N1CCN(CC(=O)Nc2ccccc2Cl)CC1. The molecule has 2 heterocycles. The number of halogens is 1. The topological polar surface area (TPSA) is 65.8 Å². The number of piperazine rings is 1. The third-order valence-corrected chi connectivity index (χ3v) is 4.56. The van der Waals surface area contributed by atoms with Crippen LogP contribution in [0.1, 0.15) is 16.1 Å². The normalized spacial score (nSPS) is 15.2. The summed E-state index contributed by atoms with van der Waals surface area (Å²) in [5, 5.41) is 3.33. The van der Waals surface area contributed by atoms with E-state index in [-0.39, 0.29) is 18.4 Å². The Morgan fingerprint density at radius 3 is 2.52 bits per heavy atom. The van der Waals surface area contributed by atoms with E-state index in [4.69, 9.17) is 16.0 Å². The summed E-state index contributed by atoms with van der Waals surface area (Å²) in [4.78, 5) is 28.4. The molecule has 0 aliphatic carbocycles. The minimum Gasteiger partial charge on any atom is -0.459 e. The number of amides is 2. The fourth-order valence-corrected chi connectivity index (χ4v) is 2.98. The molecule has 25 heavy (non-hydrogen) atoms. The Balaban J connectivity index is 1.49. The van der Waals surface area contributed by atoms with E-state index in [2.05, 4.69) is 5.32 Å². The zero-order valence-corrected chi connectivity index (χ0v) is 14.8. The van der Waals surface area contributed by atoms with Gasteiger partial charge in [-0.1, -0.05) is 23.7 Å². The van der Waals surface area contributed by atoms with Crippen LogP contribution in [0.25, 0.3) is 0 Å². The molecule has 1 aliphatic rings. The van der Waals surface area contributed by atoms with E-state index in [9.17, 15) is 9.59 Å². The average molecular weight is 362 g/mol. The molecule has 1 N–H and O–H groups in total. The van der Waals surface area contributed by atoms with Gasteiger partial charge in [0.15, 0.2) is 5.76 Å². The van der Waals surface area contributed by atoms with Gasteiger partial charge in [0.2, 0.25) is 5.91 Å². The lowest BCUT2D eigenvalue weighted by molar-refractivity contribution is -0.117. The van der Waals surface area contributed by atoms with Crippen molar-refractivity contribution < 1.29 is 14.0 Å². The second-order valence-electron chi connectivity index (χ2n) is 6.03. The van der Waals surface area contributed by atoms with Crippen molar-refractivity contribution in [1.82, 2.24) is 9.80 Å². The van der Waals surface area contributed by atoms with Crippen LogP contribution in [0.4, 0.5) is 5.69 Å². The Bertz CT molecular complexity index is 766. The van der Waals surface area contributed by atoms with Crippen LogP contribution in [0.15, 0.2) is 41.0 Å². The highest BCUT2D eigenvalue weighted by Crippen LogP contribution is 2.20. The molecular weight excluding hydrogens is 342 g/mol. The summed E-state index contributed by atoms with van der Waals surface area (Å²) >= 11 is 6.05. The highest BCUT2D eigenvalue weighted by molar-refractivity contribution is 6.33. The summed E-state index contributed by atoms with van der Waals surface area (Å²) in [6, 6.07) is 8.92. The Kier molecular flexibility index (Phi) is 5.40. The number of rotatable bonds is 4. The van der Waals surface area contributed by atoms with Gasteiger partial charge in [-0.3, -0.25) is 14.5 Å². The molecule has 0 bridgehead atoms. The number of para-hydroxylation sites is 1. The van der Waals surface area contributed by atoms with Crippen LogP contribution in [0.5, 0.6) is 0 Å². The highest BCUT2D eigenvalue weighted by atomic mass is 35.5. The molecule has 0 radical (unpaired) electrons. The number of anilines is 1. The van der Waals surface area contributed by atoms with Crippen LogP contribution in [-0.2, 0) is 4.79 Å². The molecule has 1 aliphatic heterocycles. The summed E-state index contributed by atoms with van der Waals surface area (Å²) in [6.07, 6.45) is 1.53. The summed E-state index contributed by atoms with van der Waals surface area (Å²) in [5.74, 6) is 0.183. The third-order valence-electron chi connectivity index (χ3n) is 4.23. The van der Waals surface area contributed by atoms with Gasteiger partial charge in [0.25, 0.3) is 5.91 Å². The van der Waals surface area contributed by atoms with E-state index in [0.717, 1.165) is 5.56 Å². The van der Waals surface area contributed by atoms with Gasteiger partial charge in [0, 0.05) is 31.7 Å². The molecule has 0 atom stereocenters. The van der Waals surface area contributed by atoms with Gasteiger partial charge in [-0.05, 0) is 25.1 Å². The number of nitrogens with one attached hydrogen (secondary N) is 1. The minimum absolute atomic E-state index is 0.0948. The number of hydrogen-bond donors (Lipinski definition) is 1. The van der Waals surface area contributed by atoms with Gasteiger partial charge in [0.1, 0.15) is 0 Å². The molecule has 1 aromatic carbocycles. The molecule has 0 saturated carbocycles. The quantitative estimate of drug-likeness (QED) is 0.909. The molecule has 1 saturated heterocycles. The molecule has 6 nitrogen and oxygen atoms in total. The monoisotopic (exact) mass is 361 g/mol. The maximum absolute atomic E-state index is 12.4. The van der Waals surface area contributed by atoms with Crippen LogP contribution in [0, 0.1) is 6.92 Å². The van der Waals surface area contributed by atoms with Crippen molar-refractivity contribution in [3.05, 3.63) is 52.9 Å². The lowest BCUT2D eigenvalue weighted by Crippen LogP contribution is -2.50. The van der Waals surface area contributed by atoms with Gasteiger partial charge >= 0.3 is 0 Å². The van der Waals surface area contributed by atoms with Gasteiger partial charge in [-0.25, -0.2) is 0 Å². The lowest BCUT2D eigenvalue weighted by atomic mass is 10.2. The minimum atomic E-state index is -0.116. The zero-order valence-electron chi connectivity index (χ0n) is 14.0. The van der Waals surface area contributed by atoms with Gasteiger partial charge in [0.05, 0.1) is 23.5 Å². The Morgan fingerprint density at radius 2 is 1.88 bits per heavy atom. The molecular formula is C18H20ClN3O3. The van der Waals surface area contributed by atoms with Gasteiger partial charge in [-0.15, -0.1) is 0 Å². The van der Waals surface area contributed by atoms with E-state index in [0.29, 0.717) is 42.6 Å². The number of furan rings is 1. The second kappa shape index (κ2) is 7.72. The molecule has 1 aromatic heterocycles. The fraction of sp³-hybridized carbons (Fsp3) is 0.333. The van der Waals surface area contributed by atoms with Gasteiger partial charge in [-0.2, -0.15) is 0 Å². The first-order valence-corrected chi connectivity index (χ1v) is 8.52. The largest absolute Gasteiger partial charge is 0.459 e. The fourth-order valence-electron chi connectivity index (χ4n) is 2.80. The van der Waals surface area contributed by atoms with Crippen LogP contribution >= 0.6 is 11.6 Å². The van der Waals surface area contributed by atoms with Crippen molar-refractivity contribution in [3.8, 4) is 0 Å². The third kappa shape index (κ3) is 4.21. The second-order valence-corrected chi connectivity index (χ2v) is 6.44. The summed E-state index contributed by atoms with van der Waals surface area (Å²) in [7, 11) is 0. The molecule has 0 spiro atoms. The molecule has 2 amide bonds. The molecule has 132 valence electrons. The van der Waals surface area contributed by atoms with E-state index in [1.165, 1.54) is 6.26 Å². The Morgan fingerprint density at radius 1 is 1.16 bits per heavy atom. The maximum atomic E-state index is 12.4. The number of aryl methyl sites for hydroxylation is 1. The maximum Gasteiger partial charge on any atom is 0.289 e. The number of carbonyl (C=O) groups is 2. The van der Waals surface area contributed by atoms with E-state index in [1.54, 1.807) is 23.1 Å². The zero-order chi connectivity index (χ0) is 17.8. The number of nitrogens with zero attached hydrogens (tertiary/aromatic N) is 2. The van der Waals surface area contributed by atoms with E-state index in [1.807, 2.05) is 24.0 Å². The van der Waals surface area contributed by atoms with Crippen molar-refractivity contribution in [3.63, 3.8) is 0 Å². The van der Waals surface area contributed by atoms with E-state index < -0.39 is 0 Å². The Labute approximate surface area is 151 Å². The first-order valence-electron chi connectivity index (χ1n) is 8.14. The van der Waals surface area contributed by atoms with Crippen molar-refractivity contribution >= 4 is 29.1 Å². The predicted molar refractivity (Wildman–Crippen MR) is 95.9 cm³/mol. The molecule has 7 heteroatoms. The smallest absolute Gasteiger partial charge is 0.289 e. The summed E-state index contributed by atoms with van der Waals surface area (Å²) < 4.78 is 5.27. The van der Waals surface area contributed by atoms with Crippen molar-refractivity contribution in [1.29, 1.82) is 0 Å². The molecule has 0 unspecified atom stereocenters. The first-order chi connectivity index (χ1) is 12.0. The summed E-state index contributed by atoms with van der Waals surface area (Å²) in [6.45, 7) is 4.54. The molecule has 2 aromatic rings. The van der Waals surface area contributed by atoms with Crippen LogP contribution in [-0.4, -0.2) is 54.3 Å². The average Bonchev–Trinajstić information content (AvgIpc) is 3.03. The Hall–Kier alpha value is -2.31. The molecule has 1 fully saturated rings. The summed E-state index contributed by atoms with van der Waals surface area (Å²) in [5.41, 5.74) is 1.45. The van der Waals surface area contributed by atoms with Crippen molar-refractivity contribution in [2.24, 2.45) is 0 Å². The van der Waals surface area contributed by atoms with Crippen LogP contribution in [0.2, 0.25) is 5.02 Å². The van der Waals surface area contributed by atoms with Gasteiger partial charge < -0.3 is 14.6 Å². The number of carbonyl (C=O) groups excluding carboxylic acids is 2. The van der Waals surface area contributed by atoms with Crippen LogP contribution < -0.4 is 5.32 Å². The standard InChI is InChI=1S/C18H20ClN3O3/c1-13-6-11-25-17(13)18(24)22-9-7-21(8-10-22)12-16(23)20-15-5-3-2-4-14(15)19/h2-6,11H,7-10,12H2,1H3,(H,20,23). The number of benzene rings is 1. The lowest BCUT2D eigenvalue weighted by Gasteiger charge is -2.34. The highest BCUT2D eigenvalue weighted by Gasteiger charge is 2.25. The first kappa shape index (κ1) is 17.5. The van der Waals surface area contributed by atoms with E-state index >= 15 is 0 Å². The number of hydrogen-bond acceptors (Lipinski definition) is 4. The van der Waals surface area contributed by atoms with Crippen molar-refractivity contribution in [2.45, 2.75) is 6.92 Å². The molecule has 3 rings (SSSR count). The van der Waals surface area contributed by atoms with Crippen molar-refractivity contribution in [2.75, 3.05) is 38.0 Å². The van der Waals surface area contributed by atoms with Crippen LogP contribution in [0.3, 0.4) is 0 Å². The predicted octanol–water partition coefficient (Wildman–Crippen LogP) is 2.64.